The van der Waals surface area contributed by atoms with Crippen LogP contribution >= 0.6 is 35.0 Å². The number of fused-ring (bicyclic) bond motifs is 4. The fourth-order valence-corrected chi connectivity index (χ4v) is 6.81. The number of halogens is 2. The van der Waals surface area contributed by atoms with Gasteiger partial charge in [0.1, 0.15) is 5.75 Å². The fraction of sp³-hybridized carbons (Fsp3) is 0.0968. The molecule has 0 aliphatic carbocycles. The summed E-state index contributed by atoms with van der Waals surface area (Å²) in [6, 6.07) is 33.0. The smallest absolute Gasteiger partial charge is 0.321 e. The van der Waals surface area contributed by atoms with Gasteiger partial charge in [-0.05, 0) is 53.2 Å². The lowest BCUT2D eigenvalue weighted by molar-refractivity contribution is -0.0763. The first-order valence-electron chi connectivity index (χ1n) is 12.5. The summed E-state index contributed by atoms with van der Waals surface area (Å²) in [4.78, 5) is 16.2. The third kappa shape index (κ3) is 3.86. The molecule has 3 aliphatic rings. The second-order valence-corrected chi connectivity index (χ2v) is 11.2. The number of thioether (sulfide) groups is 1. The Bertz CT molecular complexity index is 1660. The van der Waals surface area contributed by atoms with Gasteiger partial charge in [-0.1, -0.05) is 102 Å². The van der Waals surface area contributed by atoms with Crippen LogP contribution in [0.1, 0.15) is 29.2 Å². The lowest BCUT2D eigenvalue weighted by Crippen LogP contribution is -2.63. The Hall–Kier alpha value is -3.71. The monoisotopic (exact) mass is 569 g/mol. The number of ether oxygens (including phenoxy) is 1. The first-order chi connectivity index (χ1) is 19.1. The number of nitrogens with zero attached hydrogens (tertiary/aromatic N) is 3. The van der Waals surface area contributed by atoms with Gasteiger partial charge in [0.25, 0.3) is 5.24 Å². The van der Waals surface area contributed by atoms with Crippen LogP contribution in [0.25, 0.3) is 6.08 Å². The van der Waals surface area contributed by atoms with E-state index in [0.29, 0.717) is 38.4 Å². The van der Waals surface area contributed by atoms with Gasteiger partial charge in [0, 0.05) is 12.0 Å². The molecule has 0 bridgehead atoms. The molecule has 2 unspecified atom stereocenters. The van der Waals surface area contributed by atoms with Crippen molar-refractivity contribution in [3.63, 3.8) is 0 Å². The SMILES string of the molecule is O=C1S/C(=C\c2cccc(Cl)c2Cl)C2(Oc3ccccc3C3CC(c4ccccc4)=NN32)N1c1ccccc1. The van der Waals surface area contributed by atoms with E-state index < -0.39 is 5.85 Å². The number of anilines is 1. The maximum absolute atomic E-state index is 13.9. The number of hydrogen-bond acceptors (Lipinski definition) is 5. The molecule has 1 spiro atoms. The third-order valence-electron chi connectivity index (χ3n) is 7.14. The Morgan fingerprint density at radius 1 is 0.897 bits per heavy atom. The van der Waals surface area contributed by atoms with Gasteiger partial charge in [-0.25, -0.2) is 9.91 Å². The molecular formula is C31H21Cl2N3O2S. The highest BCUT2D eigenvalue weighted by Crippen LogP contribution is 2.57. The van der Waals surface area contributed by atoms with Gasteiger partial charge in [0.05, 0.1) is 32.4 Å². The molecule has 192 valence electrons. The zero-order valence-electron chi connectivity index (χ0n) is 20.5. The van der Waals surface area contributed by atoms with Gasteiger partial charge >= 0.3 is 5.85 Å². The van der Waals surface area contributed by atoms with E-state index >= 15 is 0 Å². The van der Waals surface area contributed by atoms with Crippen molar-refractivity contribution in [2.24, 2.45) is 5.10 Å². The van der Waals surface area contributed by atoms with Crippen molar-refractivity contribution in [2.75, 3.05) is 4.90 Å². The molecule has 3 aliphatic heterocycles. The number of benzene rings is 4. The highest BCUT2D eigenvalue weighted by Gasteiger charge is 2.63. The molecule has 0 saturated carbocycles. The minimum absolute atomic E-state index is 0.152. The summed E-state index contributed by atoms with van der Waals surface area (Å²) in [7, 11) is 0. The van der Waals surface area contributed by atoms with Crippen molar-refractivity contribution in [1.29, 1.82) is 0 Å². The minimum Gasteiger partial charge on any atom is -0.443 e. The van der Waals surface area contributed by atoms with Gasteiger partial charge in [0.15, 0.2) is 0 Å². The number of carbonyl (C=O) groups excluding carboxylic acids is 1. The van der Waals surface area contributed by atoms with E-state index in [1.165, 1.54) is 0 Å². The quantitative estimate of drug-likeness (QED) is 0.248. The Morgan fingerprint density at radius 2 is 1.62 bits per heavy atom. The molecule has 1 fully saturated rings. The second kappa shape index (κ2) is 9.49. The van der Waals surface area contributed by atoms with E-state index in [2.05, 4.69) is 18.2 Å². The summed E-state index contributed by atoms with van der Waals surface area (Å²) in [5.41, 5.74) is 4.38. The Balaban J connectivity index is 1.50. The molecule has 0 radical (unpaired) electrons. The number of carbonyl (C=O) groups is 1. The topological polar surface area (TPSA) is 45.1 Å². The van der Waals surface area contributed by atoms with Crippen LogP contribution in [0.4, 0.5) is 10.5 Å². The first kappa shape index (κ1) is 24.3. The molecule has 8 heteroatoms. The standard InChI is InChI=1S/C31H21Cl2N3O2S/c32-24-16-9-12-21(29(24)33)18-28-31(35(30(37)39-28)22-13-5-2-6-14-22)36-26(23-15-7-8-17-27(23)38-31)19-25(34-36)20-10-3-1-4-11-20/h1-18,26H,19H2/b28-18-. The summed E-state index contributed by atoms with van der Waals surface area (Å²) >= 11 is 14.1. The molecule has 3 heterocycles. The summed E-state index contributed by atoms with van der Waals surface area (Å²) in [5, 5.41) is 7.80. The summed E-state index contributed by atoms with van der Waals surface area (Å²) < 4.78 is 6.93. The van der Waals surface area contributed by atoms with Crippen LogP contribution in [0.2, 0.25) is 10.0 Å². The van der Waals surface area contributed by atoms with Gasteiger partial charge in [0.2, 0.25) is 0 Å². The average Bonchev–Trinajstić information content (AvgIpc) is 3.53. The normalized spacial score (nSPS) is 22.6. The molecule has 0 N–H and O–H groups in total. The predicted octanol–water partition coefficient (Wildman–Crippen LogP) is 8.61. The van der Waals surface area contributed by atoms with Crippen LogP contribution in [0.3, 0.4) is 0 Å². The summed E-state index contributed by atoms with van der Waals surface area (Å²) in [6.45, 7) is 0. The van der Waals surface area contributed by atoms with E-state index in [9.17, 15) is 4.79 Å². The third-order valence-corrected chi connectivity index (χ3v) is 8.94. The maximum Gasteiger partial charge on any atom is 0.321 e. The largest absolute Gasteiger partial charge is 0.443 e. The molecular weight excluding hydrogens is 549 g/mol. The Kier molecular flexibility index (Phi) is 5.92. The van der Waals surface area contributed by atoms with Crippen LogP contribution < -0.4 is 9.64 Å². The fourth-order valence-electron chi connectivity index (χ4n) is 5.39. The number of amides is 1. The molecule has 4 aromatic carbocycles. The van der Waals surface area contributed by atoms with Gasteiger partial charge in [-0.15, -0.1) is 0 Å². The number of hydrazone groups is 1. The van der Waals surface area contributed by atoms with Crippen molar-refractivity contribution >= 4 is 57.7 Å². The summed E-state index contributed by atoms with van der Waals surface area (Å²) in [5.74, 6) is -0.660. The second-order valence-electron chi connectivity index (χ2n) is 9.42. The van der Waals surface area contributed by atoms with E-state index in [1.54, 1.807) is 11.0 Å². The average molecular weight is 571 g/mol. The Morgan fingerprint density at radius 3 is 2.41 bits per heavy atom. The lowest BCUT2D eigenvalue weighted by atomic mass is 9.95. The van der Waals surface area contributed by atoms with Crippen molar-refractivity contribution < 1.29 is 9.53 Å². The zero-order valence-corrected chi connectivity index (χ0v) is 22.8. The molecule has 1 amide bonds. The van der Waals surface area contributed by atoms with Crippen molar-refractivity contribution in [3.8, 4) is 5.75 Å². The minimum atomic E-state index is -1.37. The van der Waals surface area contributed by atoms with Gasteiger partial charge < -0.3 is 4.74 Å². The molecule has 39 heavy (non-hydrogen) atoms. The zero-order chi connectivity index (χ0) is 26.6. The first-order valence-corrected chi connectivity index (χ1v) is 14.1. The highest BCUT2D eigenvalue weighted by molar-refractivity contribution is 8.17. The highest BCUT2D eigenvalue weighted by atomic mass is 35.5. The van der Waals surface area contributed by atoms with Crippen molar-refractivity contribution in [1.82, 2.24) is 5.01 Å². The molecule has 1 saturated heterocycles. The van der Waals surface area contributed by atoms with E-state index in [4.69, 9.17) is 33.0 Å². The molecule has 7 rings (SSSR count). The van der Waals surface area contributed by atoms with E-state index in [0.717, 1.165) is 28.6 Å². The van der Waals surface area contributed by atoms with Crippen molar-refractivity contribution in [3.05, 3.63) is 135 Å². The molecule has 4 aromatic rings. The predicted molar refractivity (Wildman–Crippen MR) is 158 cm³/mol. The van der Waals surface area contributed by atoms with Gasteiger partial charge in [-0.3, -0.25) is 4.79 Å². The van der Waals surface area contributed by atoms with Crippen LogP contribution in [-0.2, 0) is 0 Å². The van der Waals surface area contributed by atoms with E-state index in [-0.39, 0.29) is 11.3 Å². The maximum atomic E-state index is 13.9. The molecule has 5 nitrogen and oxygen atoms in total. The number of para-hydroxylation sites is 2. The lowest BCUT2D eigenvalue weighted by Gasteiger charge is -2.49. The molecule has 2 atom stereocenters. The number of rotatable bonds is 3. The number of hydrogen-bond donors (Lipinski definition) is 0. The van der Waals surface area contributed by atoms with Crippen LogP contribution in [0, 0.1) is 0 Å². The van der Waals surface area contributed by atoms with E-state index in [1.807, 2.05) is 89.9 Å². The summed E-state index contributed by atoms with van der Waals surface area (Å²) in [6.07, 6.45) is 2.56. The van der Waals surface area contributed by atoms with Gasteiger partial charge in [-0.2, -0.15) is 5.10 Å². The van der Waals surface area contributed by atoms with Crippen molar-refractivity contribution in [2.45, 2.75) is 18.3 Å². The van der Waals surface area contributed by atoms with Crippen LogP contribution in [0.15, 0.2) is 113 Å². The Labute approximate surface area is 240 Å². The van der Waals surface area contributed by atoms with Crippen LogP contribution in [-0.4, -0.2) is 21.8 Å². The molecule has 0 aromatic heterocycles. The van der Waals surface area contributed by atoms with Crippen LogP contribution in [0.5, 0.6) is 5.75 Å².